The van der Waals surface area contributed by atoms with Gasteiger partial charge in [-0.1, -0.05) is 192 Å². The van der Waals surface area contributed by atoms with Gasteiger partial charge >= 0.3 is 41.8 Å². The zero-order chi connectivity index (χ0) is 49.5. The fraction of sp³-hybridized carbons (Fsp3) is 0.635. The van der Waals surface area contributed by atoms with Crippen molar-refractivity contribution in [3.63, 3.8) is 0 Å². The molecule has 0 aliphatic heterocycles. The highest BCUT2D eigenvalue weighted by Gasteiger charge is 2.68. The van der Waals surface area contributed by atoms with Crippen LogP contribution >= 0.6 is 0 Å². The predicted octanol–water partition coefficient (Wildman–Crippen LogP) is 16.6. The van der Waals surface area contributed by atoms with Gasteiger partial charge in [-0.2, -0.15) is 0 Å². The maximum absolute atomic E-state index is 13.6. The number of methoxy groups -OCH3 is 2. The molecule has 0 aromatic heterocycles. The van der Waals surface area contributed by atoms with E-state index >= 15 is 0 Å². The Hall–Kier alpha value is -5.83. The largest absolute Gasteiger partial charge is 0.481 e. The average molecular weight is 1120 g/mol. The highest BCUT2D eigenvalue weighted by Crippen LogP contribution is 2.59. The third-order valence-electron chi connectivity index (χ3n) is 12.8. The number of unbranched alkanes of at least 4 members (excludes halogenated alkanes) is 2. The molecule has 15 heteroatoms. The molecule has 0 fully saturated rings. The smallest absolute Gasteiger partial charge is 0.330 e. The summed E-state index contributed by atoms with van der Waals surface area (Å²) in [6.07, 6.45) is 4.37. The van der Waals surface area contributed by atoms with E-state index in [2.05, 4.69) is 17.9 Å². The van der Waals surface area contributed by atoms with Crippen molar-refractivity contribution in [1.82, 2.24) is 0 Å². The van der Waals surface area contributed by atoms with Gasteiger partial charge in [0.2, 0.25) is 0 Å². The maximum atomic E-state index is 13.6. The molecule has 2 aromatic carbocycles. The molecule has 0 amide bonds. The molecule has 0 spiro atoms. The Kier molecular flexibility index (Phi) is 74.4. The lowest BCUT2D eigenvalue weighted by atomic mass is 9.48. The van der Waals surface area contributed by atoms with Crippen LogP contribution in [0.15, 0.2) is 86.0 Å². The van der Waals surface area contributed by atoms with E-state index in [-0.39, 0.29) is 130 Å². The second-order valence-electron chi connectivity index (χ2n) is 16.7. The summed E-state index contributed by atoms with van der Waals surface area (Å²) in [5, 5.41) is 27.9. The van der Waals surface area contributed by atoms with Crippen LogP contribution in [0.4, 0.5) is 0 Å². The van der Waals surface area contributed by atoms with Crippen molar-refractivity contribution in [3.05, 3.63) is 97.1 Å². The van der Waals surface area contributed by atoms with E-state index < -0.39 is 74.8 Å². The summed E-state index contributed by atoms with van der Waals surface area (Å²) >= 11 is 0. The van der Waals surface area contributed by atoms with Crippen molar-refractivity contribution in [2.75, 3.05) is 40.6 Å². The van der Waals surface area contributed by atoms with E-state index in [0.29, 0.717) is 32.3 Å². The van der Waals surface area contributed by atoms with E-state index in [0.717, 1.165) is 23.3 Å². The Bertz CT molecular complexity index is 1860. The van der Waals surface area contributed by atoms with Gasteiger partial charge in [-0.25, -0.2) is 9.59 Å². The Morgan fingerprint density at radius 3 is 1.03 bits per heavy atom. The first kappa shape index (κ1) is 112. The zero-order valence-electron chi connectivity index (χ0n) is 39.4. The van der Waals surface area contributed by atoms with Crippen LogP contribution < -0.4 is 0 Å². The molecule has 0 bridgehead atoms. The van der Waals surface area contributed by atoms with Crippen LogP contribution in [0, 0.1) is 27.1 Å². The second kappa shape index (κ2) is 51.9. The maximum Gasteiger partial charge on any atom is 0.330 e. The predicted molar refractivity (Wildman–Crippen MR) is 334 cm³/mol. The van der Waals surface area contributed by atoms with Gasteiger partial charge in [0, 0.05) is 18.8 Å². The molecule has 3 N–H and O–H groups in total. The van der Waals surface area contributed by atoms with Gasteiger partial charge in [0.05, 0.1) is 61.1 Å². The third-order valence-corrected chi connectivity index (χ3v) is 12.8. The van der Waals surface area contributed by atoms with E-state index in [1.807, 2.05) is 55.5 Å². The minimum absolute atomic E-state index is 0. The van der Waals surface area contributed by atoms with Crippen LogP contribution in [0.5, 0.6) is 0 Å². The van der Waals surface area contributed by atoms with E-state index in [1.165, 1.54) is 35.0 Å². The summed E-state index contributed by atoms with van der Waals surface area (Å²) in [6, 6.07) is 18.5. The summed E-state index contributed by atoms with van der Waals surface area (Å²) in [4.78, 5) is 84.7. The zero-order valence-corrected chi connectivity index (χ0v) is 39.4. The molecule has 0 radical (unpaired) electrons. The summed E-state index contributed by atoms with van der Waals surface area (Å²) in [7, 11) is 2.50. The van der Waals surface area contributed by atoms with Gasteiger partial charge in [0.15, 0.2) is 0 Å². The molecule has 2 rings (SSSR count). The van der Waals surface area contributed by atoms with E-state index in [9.17, 15) is 43.8 Å². The number of esters is 5. The van der Waals surface area contributed by atoms with Crippen molar-refractivity contribution in [2.45, 2.75) is 204 Å². The highest BCUT2D eigenvalue weighted by molar-refractivity contribution is 5.94. The number of carboxylic acids is 2. The summed E-state index contributed by atoms with van der Waals surface area (Å²) in [5.41, 5.74) is -5.88. The molecule has 0 aliphatic carbocycles. The molecule has 15 nitrogen and oxygen atoms in total. The minimum Gasteiger partial charge on any atom is -0.481 e. The molecule has 2 aromatic rings. The number of hydrogen-bond donors (Lipinski definition) is 3. The molecular formula is C63H126O15. The first-order valence-electron chi connectivity index (χ1n) is 20.9. The topological polar surface area (TPSA) is 226 Å². The Morgan fingerprint density at radius 2 is 0.744 bits per heavy atom. The number of carboxylic acid groups (broad SMARTS) is 2. The van der Waals surface area contributed by atoms with Crippen LogP contribution in [0.25, 0.3) is 0 Å². The van der Waals surface area contributed by atoms with Crippen LogP contribution in [-0.4, -0.2) is 97.8 Å². The van der Waals surface area contributed by atoms with Gasteiger partial charge in [-0.15, -0.1) is 0 Å². The molecule has 0 saturated heterocycles. The first-order chi connectivity index (χ1) is 29.8. The SMILES string of the molecule is C.C.C.C.C.C.C.C.C.C.C.C.C.C.C=CC(=O)OCCCCO.C=CC(=O)OCCCCOC(=O)C(C)(C(C)(C)C(=O)O)C(C)(C(=O)OC)C(C)c1ccccc1.COC(=O)C(C)(C(C)c1ccccc1)C(C)(C)C(=O)O. The number of carbonyl (C=O) groups excluding carboxylic acids is 5. The fourth-order valence-corrected chi connectivity index (χ4v) is 7.10. The fourth-order valence-electron chi connectivity index (χ4n) is 7.10. The molecule has 5 atom stereocenters. The molecule has 5 unspecified atom stereocenters. The Morgan fingerprint density at radius 1 is 0.462 bits per heavy atom. The lowest BCUT2D eigenvalue weighted by Crippen LogP contribution is -2.62. The normalized spacial score (nSPS) is 12.1. The number of aliphatic carboxylic acids is 2. The number of ether oxygens (including phenoxy) is 5. The summed E-state index contributed by atoms with van der Waals surface area (Å²) < 4.78 is 25.1. The number of benzene rings is 2. The standard InChI is InChI=1S/C26H36O8.C16H22O4.C7H12O3.14CH4/c1-8-20(27)33-16-12-13-17-34-23(31)26(6,24(3,4)21(28)29)25(5,22(30)32-7)18(2)19-14-10-9-11-15-19;1-11(12-9-7-6-8-10-12)16(4,14(19)20-5)15(2,3)13(17)18;1-2-7(9)10-6-4-3-5-8;;;;;;;;;;;;;;/h8-11,14-15,18H,1,12-13,16-17H2,2-7H3,(H,28,29);6-11H,1-5H3,(H,17,18);2,8H,1,3-6H2;14*1H4. The monoisotopic (exact) mass is 1120 g/mol. The minimum atomic E-state index is -1.82. The van der Waals surface area contributed by atoms with E-state index in [1.54, 1.807) is 46.8 Å². The number of aliphatic hydroxyl groups excluding tert-OH is 1. The van der Waals surface area contributed by atoms with Gasteiger partial charge in [0.1, 0.15) is 0 Å². The van der Waals surface area contributed by atoms with Crippen molar-refractivity contribution in [2.24, 2.45) is 27.1 Å². The second-order valence-corrected chi connectivity index (χ2v) is 16.7. The van der Waals surface area contributed by atoms with E-state index in [4.69, 9.17) is 24.1 Å². The molecule has 0 heterocycles. The van der Waals surface area contributed by atoms with Crippen molar-refractivity contribution in [3.8, 4) is 0 Å². The van der Waals surface area contributed by atoms with Crippen molar-refractivity contribution in [1.29, 1.82) is 0 Å². The molecule has 0 saturated carbocycles. The third kappa shape index (κ3) is 27.7. The number of hydrogen-bond acceptors (Lipinski definition) is 13. The van der Waals surface area contributed by atoms with Crippen molar-refractivity contribution < 1.29 is 72.6 Å². The van der Waals surface area contributed by atoms with Crippen LogP contribution in [0.1, 0.15) is 215 Å². The summed E-state index contributed by atoms with van der Waals surface area (Å²) in [5.74, 6) is -6.15. The quantitative estimate of drug-likeness (QED) is 0.0407. The molecule has 0 aliphatic rings. The molecule has 468 valence electrons. The number of rotatable bonds is 23. The number of carbonyl (C=O) groups is 7. The van der Waals surface area contributed by atoms with Gasteiger partial charge < -0.3 is 39.0 Å². The van der Waals surface area contributed by atoms with Crippen LogP contribution in [0.2, 0.25) is 0 Å². The Labute approximate surface area is 481 Å². The van der Waals surface area contributed by atoms with Crippen LogP contribution in [0.3, 0.4) is 0 Å². The summed E-state index contributed by atoms with van der Waals surface area (Å²) in [6.45, 7) is 21.4. The average Bonchev–Trinajstić information content (AvgIpc) is 3.29. The van der Waals surface area contributed by atoms with Gasteiger partial charge in [0.25, 0.3) is 0 Å². The molecule has 78 heavy (non-hydrogen) atoms. The van der Waals surface area contributed by atoms with Crippen molar-refractivity contribution >= 4 is 41.8 Å². The lowest BCUT2D eigenvalue weighted by molar-refractivity contribution is -0.198. The van der Waals surface area contributed by atoms with Crippen LogP contribution in [-0.2, 0) is 57.2 Å². The number of aliphatic hydroxyl groups is 1. The highest BCUT2D eigenvalue weighted by atomic mass is 16.5. The lowest BCUT2D eigenvalue weighted by Gasteiger charge is -2.51. The first-order valence-corrected chi connectivity index (χ1v) is 20.9. The van der Waals surface area contributed by atoms with Gasteiger partial charge in [-0.05, 0) is 97.1 Å². The van der Waals surface area contributed by atoms with Gasteiger partial charge in [-0.3, -0.25) is 24.0 Å². The Balaban J connectivity index is -0.0000000606. The molecular weight excluding hydrogens is 997 g/mol.